The number of pyridine rings is 1. The molecule has 30 heavy (non-hydrogen) atoms. The Balaban J connectivity index is 1.42. The highest BCUT2D eigenvalue weighted by molar-refractivity contribution is 5.76. The fourth-order valence-electron chi connectivity index (χ4n) is 3.86. The lowest BCUT2D eigenvalue weighted by Crippen LogP contribution is -2.47. The average Bonchev–Trinajstić information content (AvgIpc) is 3.19. The van der Waals surface area contributed by atoms with Crippen molar-refractivity contribution in [3.63, 3.8) is 0 Å². The molecule has 5 rings (SSSR count). The Morgan fingerprint density at radius 3 is 2.33 bits per heavy atom. The third-order valence-corrected chi connectivity index (χ3v) is 5.47. The van der Waals surface area contributed by atoms with Crippen LogP contribution in [0.2, 0.25) is 0 Å². The van der Waals surface area contributed by atoms with Crippen molar-refractivity contribution in [1.29, 1.82) is 0 Å². The quantitative estimate of drug-likeness (QED) is 0.565. The normalized spacial score (nSPS) is 14.5. The number of benzene rings is 1. The minimum Gasteiger partial charge on any atom is -0.508 e. The fourth-order valence-corrected chi connectivity index (χ4v) is 3.86. The van der Waals surface area contributed by atoms with Crippen molar-refractivity contribution in [3.8, 4) is 11.4 Å². The molecule has 0 bridgehead atoms. The first-order valence-electron chi connectivity index (χ1n) is 10.0. The van der Waals surface area contributed by atoms with Gasteiger partial charge in [-0.15, -0.1) is 0 Å². The minimum atomic E-state index is 0.287. The Labute approximate surface area is 174 Å². The average molecular weight is 401 g/mol. The molecule has 1 aliphatic heterocycles. The largest absolute Gasteiger partial charge is 0.508 e. The lowest BCUT2D eigenvalue weighted by molar-refractivity contribution is 0.475. The number of hydrogen-bond donors (Lipinski definition) is 1. The van der Waals surface area contributed by atoms with Gasteiger partial charge in [0.05, 0.1) is 17.6 Å². The van der Waals surface area contributed by atoms with E-state index < -0.39 is 0 Å². The van der Waals surface area contributed by atoms with Crippen LogP contribution >= 0.6 is 0 Å². The number of hydrogen-bond acceptors (Lipinski definition) is 7. The monoisotopic (exact) mass is 401 g/mol. The smallest absolute Gasteiger partial charge is 0.227 e. The van der Waals surface area contributed by atoms with E-state index in [9.17, 15) is 5.11 Å². The van der Waals surface area contributed by atoms with Crippen LogP contribution in [0, 0.1) is 13.8 Å². The topological polar surface area (TPSA) is 83.2 Å². The lowest BCUT2D eigenvalue weighted by atomic mass is 10.2. The second kappa shape index (κ2) is 7.29. The molecule has 4 heterocycles. The summed E-state index contributed by atoms with van der Waals surface area (Å²) >= 11 is 0. The van der Waals surface area contributed by atoms with Crippen LogP contribution in [0.5, 0.6) is 5.75 Å². The predicted molar refractivity (Wildman–Crippen MR) is 116 cm³/mol. The van der Waals surface area contributed by atoms with Gasteiger partial charge in [-0.1, -0.05) is 0 Å². The highest BCUT2D eigenvalue weighted by Gasteiger charge is 2.21. The molecule has 1 fully saturated rings. The van der Waals surface area contributed by atoms with E-state index in [1.54, 1.807) is 18.5 Å². The molecule has 0 spiro atoms. The first kappa shape index (κ1) is 18.4. The van der Waals surface area contributed by atoms with Crippen LogP contribution in [0.3, 0.4) is 0 Å². The number of imidazole rings is 1. The Morgan fingerprint density at radius 2 is 1.60 bits per heavy atom. The molecule has 1 aliphatic rings. The maximum atomic E-state index is 9.51. The van der Waals surface area contributed by atoms with Gasteiger partial charge < -0.3 is 14.9 Å². The van der Waals surface area contributed by atoms with Crippen LogP contribution < -0.4 is 9.80 Å². The van der Waals surface area contributed by atoms with Crippen LogP contribution in [0.4, 0.5) is 11.6 Å². The second-order valence-corrected chi connectivity index (χ2v) is 7.61. The number of aromatic hydroxyl groups is 1. The molecule has 3 aromatic heterocycles. The number of phenolic OH excluding ortho intramolecular Hbond substituents is 1. The van der Waals surface area contributed by atoms with Gasteiger partial charge in [-0.3, -0.25) is 9.55 Å². The molecule has 1 N–H and O–H groups in total. The zero-order valence-corrected chi connectivity index (χ0v) is 17.0. The van der Waals surface area contributed by atoms with Gasteiger partial charge in [0.2, 0.25) is 5.95 Å². The summed E-state index contributed by atoms with van der Waals surface area (Å²) in [5, 5.41) is 9.51. The van der Waals surface area contributed by atoms with Gasteiger partial charge in [0.15, 0.2) is 5.65 Å². The number of nitrogens with zero attached hydrogens (tertiary/aromatic N) is 7. The van der Waals surface area contributed by atoms with Crippen LogP contribution in [0.15, 0.2) is 49.1 Å². The molecule has 8 nitrogen and oxygen atoms in total. The van der Waals surface area contributed by atoms with Crippen molar-refractivity contribution in [1.82, 2.24) is 24.5 Å². The summed E-state index contributed by atoms with van der Waals surface area (Å²) in [6.45, 7) is 7.39. The van der Waals surface area contributed by atoms with E-state index >= 15 is 0 Å². The molecular formula is C22H23N7O. The maximum Gasteiger partial charge on any atom is 0.227 e. The fraction of sp³-hybridized carbons (Fsp3) is 0.273. The molecule has 152 valence electrons. The van der Waals surface area contributed by atoms with Crippen molar-refractivity contribution in [2.45, 2.75) is 13.8 Å². The summed E-state index contributed by atoms with van der Waals surface area (Å²) in [7, 11) is 0. The third-order valence-electron chi connectivity index (χ3n) is 5.47. The maximum absolute atomic E-state index is 9.51. The summed E-state index contributed by atoms with van der Waals surface area (Å²) in [5.41, 5.74) is 5.62. The second-order valence-electron chi connectivity index (χ2n) is 7.61. The van der Waals surface area contributed by atoms with Crippen LogP contribution in [0.1, 0.15) is 11.3 Å². The Hall–Kier alpha value is -3.68. The molecule has 0 amide bonds. The molecule has 0 saturated carbocycles. The van der Waals surface area contributed by atoms with E-state index in [1.165, 1.54) is 0 Å². The van der Waals surface area contributed by atoms with Crippen molar-refractivity contribution < 1.29 is 5.11 Å². The molecular weight excluding hydrogens is 378 g/mol. The number of anilines is 2. The van der Waals surface area contributed by atoms with E-state index in [2.05, 4.69) is 25.8 Å². The standard InChI is InChI=1S/C22H23N7O/c1-15-11-18(13-23-12-15)29-14-24-20-16(2)25-22(26-21(20)29)28-9-7-27(8-10-28)17-3-5-19(30)6-4-17/h3-6,11-14,30H,7-10H2,1-2H3. The number of piperazine rings is 1. The van der Waals surface area contributed by atoms with Crippen molar-refractivity contribution >= 4 is 22.8 Å². The van der Waals surface area contributed by atoms with Crippen LogP contribution in [0.25, 0.3) is 16.9 Å². The van der Waals surface area contributed by atoms with E-state index in [-0.39, 0.29) is 5.75 Å². The van der Waals surface area contributed by atoms with E-state index in [4.69, 9.17) is 9.97 Å². The molecule has 1 aromatic carbocycles. The van der Waals surface area contributed by atoms with Crippen LogP contribution in [-0.4, -0.2) is 55.8 Å². The van der Waals surface area contributed by atoms with Gasteiger partial charge in [0, 0.05) is 38.1 Å². The van der Waals surface area contributed by atoms with E-state index in [0.29, 0.717) is 0 Å². The van der Waals surface area contributed by atoms with Gasteiger partial charge in [-0.2, -0.15) is 4.98 Å². The summed E-state index contributed by atoms with van der Waals surface area (Å²) in [6.07, 6.45) is 5.44. The van der Waals surface area contributed by atoms with E-state index in [0.717, 1.165) is 65.9 Å². The van der Waals surface area contributed by atoms with Gasteiger partial charge in [-0.05, 0) is 49.7 Å². The number of aryl methyl sites for hydroxylation is 2. The molecule has 0 radical (unpaired) electrons. The first-order chi connectivity index (χ1) is 14.6. The third kappa shape index (κ3) is 3.30. The minimum absolute atomic E-state index is 0.287. The number of phenols is 1. The molecule has 8 heteroatoms. The molecule has 4 aromatic rings. The highest BCUT2D eigenvalue weighted by Crippen LogP contribution is 2.24. The predicted octanol–water partition coefficient (Wildman–Crippen LogP) is 2.86. The summed E-state index contributed by atoms with van der Waals surface area (Å²) < 4.78 is 1.97. The number of fused-ring (bicyclic) bond motifs is 1. The molecule has 0 atom stereocenters. The summed E-state index contributed by atoms with van der Waals surface area (Å²) in [6, 6.07) is 9.42. The molecule has 0 aliphatic carbocycles. The van der Waals surface area contributed by atoms with E-state index in [1.807, 2.05) is 42.9 Å². The zero-order chi connectivity index (χ0) is 20.7. The molecule has 0 unspecified atom stereocenters. The van der Waals surface area contributed by atoms with Crippen molar-refractivity contribution in [2.75, 3.05) is 36.0 Å². The number of rotatable bonds is 3. The van der Waals surface area contributed by atoms with Crippen molar-refractivity contribution in [2.24, 2.45) is 0 Å². The van der Waals surface area contributed by atoms with Crippen molar-refractivity contribution in [3.05, 3.63) is 60.3 Å². The first-order valence-corrected chi connectivity index (χ1v) is 10.0. The zero-order valence-electron chi connectivity index (χ0n) is 17.0. The Morgan fingerprint density at radius 1 is 0.867 bits per heavy atom. The highest BCUT2D eigenvalue weighted by atomic mass is 16.3. The SMILES string of the molecule is Cc1cncc(-n2cnc3c(C)nc(N4CCN(c5ccc(O)cc5)CC4)nc32)c1. The van der Waals surface area contributed by atoms with Gasteiger partial charge >= 0.3 is 0 Å². The molecule has 1 saturated heterocycles. The lowest BCUT2D eigenvalue weighted by Gasteiger charge is -2.36. The van der Waals surface area contributed by atoms with Gasteiger partial charge in [0.1, 0.15) is 17.6 Å². The summed E-state index contributed by atoms with van der Waals surface area (Å²) in [4.78, 5) is 23.0. The summed E-state index contributed by atoms with van der Waals surface area (Å²) in [5.74, 6) is 1.02. The Kier molecular flexibility index (Phi) is 4.46. The van der Waals surface area contributed by atoms with Gasteiger partial charge in [0.25, 0.3) is 0 Å². The number of aromatic nitrogens is 5. The van der Waals surface area contributed by atoms with Gasteiger partial charge in [-0.25, -0.2) is 9.97 Å². The Bertz CT molecular complexity index is 1190. The van der Waals surface area contributed by atoms with Crippen LogP contribution in [-0.2, 0) is 0 Å².